The molecule has 0 radical (unpaired) electrons. The van der Waals surface area contributed by atoms with Crippen LogP contribution in [0.3, 0.4) is 0 Å². The summed E-state index contributed by atoms with van der Waals surface area (Å²) in [4.78, 5) is 12.6. The van der Waals surface area contributed by atoms with Gasteiger partial charge in [-0.1, -0.05) is 12.1 Å². The maximum atomic E-state index is 13.9. The van der Waals surface area contributed by atoms with E-state index in [0.717, 1.165) is 10.9 Å². The predicted octanol–water partition coefficient (Wildman–Crippen LogP) is 2.68. The average Bonchev–Trinajstić information content (AvgIpc) is 2.56. The smallest absolute Gasteiger partial charge is 0.166 e. The van der Waals surface area contributed by atoms with Crippen LogP contribution in [-0.2, 0) is 0 Å². The van der Waals surface area contributed by atoms with Crippen LogP contribution in [-0.4, -0.2) is 21.6 Å². The van der Waals surface area contributed by atoms with Crippen molar-refractivity contribution in [1.82, 2.24) is 15.0 Å². The van der Waals surface area contributed by atoms with Crippen LogP contribution in [0, 0.1) is 5.82 Å². The molecule has 0 unspecified atom stereocenters. The molecule has 116 valence electrons. The van der Waals surface area contributed by atoms with Gasteiger partial charge in [0.05, 0.1) is 18.0 Å². The molecule has 1 aliphatic heterocycles. The fourth-order valence-corrected chi connectivity index (χ4v) is 2.77. The molecule has 7 heteroatoms. The molecule has 3 aromatic rings. The first-order valence-corrected chi connectivity index (χ1v) is 7.27. The number of halogens is 1. The molecule has 0 amide bonds. The van der Waals surface area contributed by atoms with E-state index >= 15 is 0 Å². The fourth-order valence-electron chi connectivity index (χ4n) is 2.77. The summed E-state index contributed by atoms with van der Waals surface area (Å²) in [5, 5.41) is 4.12. The molecule has 0 aliphatic carbocycles. The van der Waals surface area contributed by atoms with E-state index in [-0.39, 0.29) is 11.9 Å². The summed E-state index contributed by atoms with van der Waals surface area (Å²) in [5.74, 6) is 0.998. The van der Waals surface area contributed by atoms with Crippen molar-refractivity contribution in [2.45, 2.75) is 12.5 Å². The summed E-state index contributed by atoms with van der Waals surface area (Å²) in [6.45, 7) is 0.444. The van der Waals surface area contributed by atoms with Crippen molar-refractivity contribution in [1.29, 1.82) is 0 Å². The highest BCUT2D eigenvalue weighted by Crippen LogP contribution is 2.36. The van der Waals surface area contributed by atoms with Crippen LogP contribution in [0.5, 0.6) is 5.75 Å². The number of nitrogens with zero attached hydrogens (tertiary/aromatic N) is 3. The maximum Gasteiger partial charge on any atom is 0.166 e. The Morgan fingerprint density at radius 2 is 2.13 bits per heavy atom. The highest BCUT2D eigenvalue weighted by molar-refractivity contribution is 5.87. The van der Waals surface area contributed by atoms with Crippen LogP contribution in [0.15, 0.2) is 36.7 Å². The number of nitrogens with two attached hydrogens (primary N) is 1. The molecule has 0 spiro atoms. The Morgan fingerprint density at radius 1 is 1.22 bits per heavy atom. The number of rotatable bonds is 2. The van der Waals surface area contributed by atoms with Crippen LogP contribution in [0.4, 0.5) is 16.0 Å². The fraction of sp³-hybridized carbons (Fsp3) is 0.188. The number of pyridine rings is 1. The van der Waals surface area contributed by atoms with Crippen LogP contribution >= 0.6 is 0 Å². The van der Waals surface area contributed by atoms with Crippen LogP contribution in [0.25, 0.3) is 11.0 Å². The number of hydrogen-bond donors (Lipinski definition) is 2. The third-order valence-electron chi connectivity index (χ3n) is 3.86. The molecule has 0 saturated heterocycles. The Bertz CT molecular complexity index is 885. The van der Waals surface area contributed by atoms with Gasteiger partial charge in [-0.15, -0.1) is 0 Å². The van der Waals surface area contributed by atoms with Crippen molar-refractivity contribution in [2.24, 2.45) is 0 Å². The number of hydrogen-bond acceptors (Lipinski definition) is 6. The minimum absolute atomic E-state index is 0.0925. The third-order valence-corrected chi connectivity index (χ3v) is 3.86. The zero-order valence-corrected chi connectivity index (χ0v) is 12.2. The van der Waals surface area contributed by atoms with Gasteiger partial charge in [0.25, 0.3) is 0 Å². The van der Waals surface area contributed by atoms with E-state index in [1.165, 1.54) is 12.4 Å². The van der Waals surface area contributed by atoms with Gasteiger partial charge in [0.15, 0.2) is 17.2 Å². The van der Waals surface area contributed by atoms with E-state index in [0.29, 0.717) is 36.1 Å². The van der Waals surface area contributed by atoms with E-state index < -0.39 is 0 Å². The quantitative estimate of drug-likeness (QED) is 0.757. The summed E-state index contributed by atoms with van der Waals surface area (Å²) in [7, 11) is 0. The summed E-state index contributed by atoms with van der Waals surface area (Å²) in [5.41, 5.74) is 6.99. The molecule has 1 aliphatic rings. The van der Waals surface area contributed by atoms with Gasteiger partial charge in [-0.3, -0.25) is 0 Å². The number of fused-ring (bicyclic) bond motifs is 2. The number of nitrogen functional groups attached to an aromatic ring is 1. The van der Waals surface area contributed by atoms with Crippen molar-refractivity contribution < 1.29 is 9.13 Å². The van der Waals surface area contributed by atoms with Crippen LogP contribution in [0.2, 0.25) is 0 Å². The average molecular weight is 311 g/mol. The van der Waals surface area contributed by atoms with Crippen LogP contribution in [0.1, 0.15) is 18.0 Å². The highest BCUT2D eigenvalue weighted by Gasteiger charge is 2.24. The van der Waals surface area contributed by atoms with Crippen molar-refractivity contribution in [3.05, 3.63) is 48.0 Å². The van der Waals surface area contributed by atoms with Crippen molar-refractivity contribution in [2.75, 3.05) is 17.7 Å². The summed E-state index contributed by atoms with van der Waals surface area (Å²) in [6, 6.07) is 8.37. The second-order valence-electron chi connectivity index (χ2n) is 5.32. The van der Waals surface area contributed by atoms with Gasteiger partial charge in [0, 0.05) is 12.0 Å². The molecule has 2 aromatic heterocycles. The molecule has 3 heterocycles. The molecule has 1 atom stereocenters. The van der Waals surface area contributed by atoms with Gasteiger partial charge < -0.3 is 15.8 Å². The molecular weight excluding hydrogens is 297 g/mol. The van der Waals surface area contributed by atoms with Crippen molar-refractivity contribution >= 4 is 22.7 Å². The number of nitrogens with one attached hydrogen (secondary N) is 1. The Hall–Kier alpha value is -2.96. The SMILES string of the molecule is Nc1ccc2c(N[C@H]3CCOc4c(F)cccc43)ncnc2n1. The number of anilines is 2. The topological polar surface area (TPSA) is 86.0 Å². The van der Waals surface area contributed by atoms with E-state index in [2.05, 4.69) is 20.3 Å². The number of aromatic nitrogens is 3. The Morgan fingerprint density at radius 3 is 3.04 bits per heavy atom. The lowest BCUT2D eigenvalue weighted by Gasteiger charge is -2.27. The van der Waals surface area contributed by atoms with E-state index in [1.807, 2.05) is 12.1 Å². The zero-order valence-electron chi connectivity index (χ0n) is 12.2. The van der Waals surface area contributed by atoms with E-state index in [9.17, 15) is 4.39 Å². The molecule has 6 nitrogen and oxygen atoms in total. The van der Waals surface area contributed by atoms with Gasteiger partial charge in [0.1, 0.15) is 18.0 Å². The van der Waals surface area contributed by atoms with Crippen LogP contribution < -0.4 is 15.8 Å². The molecule has 0 bridgehead atoms. The molecule has 0 fully saturated rings. The lowest BCUT2D eigenvalue weighted by Crippen LogP contribution is -2.21. The van der Waals surface area contributed by atoms with Crippen molar-refractivity contribution in [3.8, 4) is 5.75 Å². The van der Waals surface area contributed by atoms with E-state index in [1.54, 1.807) is 12.1 Å². The summed E-state index contributed by atoms with van der Waals surface area (Å²) in [6.07, 6.45) is 2.15. The van der Waals surface area contributed by atoms with Gasteiger partial charge >= 0.3 is 0 Å². The first kappa shape index (κ1) is 13.7. The first-order valence-electron chi connectivity index (χ1n) is 7.27. The second-order valence-corrected chi connectivity index (χ2v) is 5.32. The maximum absolute atomic E-state index is 13.9. The number of para-hydroxylation sites is 1. The Labute approximate surface area is 131 Å². The third kappa shape index (κ3) is 2.40. The van der Waals surface area contributed by atoms with Gasteiger partial charge in [0.2, 0.25) is 0 Å². The summed E-state index contributed by atoms with van der Waals surface area (Å²) < 4.78 is 19.3. The molecule has 23 heavy (non-hydrogen) atoms. The molecule has 1 aromatic carbocycles. The van der Waals surface area contributed by atoms with Gasteiger partial charge in [-0.2, -0.15) is 0 Å². The standard InChI is InChI=1S/C16H14FN5O/c17-11-3-1-2-9-12(6-7-23-14(9)11)21-15-10-4-5-13(18)22-16(10)20-8-19-15/h1-5,8,12H,6-7H2,(H3,18,19,20,21,22)/t12-/m0/s1. The number of benzene rings is 1. The van der Waals surface area contributed by atoms with Crippen molar-refractivity contribution in [3.63, 3.8) is 0 Å². The van der Waals surface area contributed by atoms with Gasteiger partial charge in [-0.25, -0.2) is 19.3 Å². The largest absolute Gasteiger partial charge is 0.490 e. The van der Waals surface area contributed by atoms with Gasteiger partial charge in [-0.05, 0) is 18.2 Å². The predicted molar refractivity (Wildman–Crippen MR) is 84.6 cm³/mol. The first-order chi connectivity index (χ1) is 11.2. The van der Waals surface area contributed by atoms with E-state index in [4.69, 9.17) is 10.5 Å². The molecule has 4 rings (SSSR count). The number of ether oxygens (including phenoxy) is 1. The zero-order chi connectivity index (χ0) is 15.8. The normalized spacial score (nSPS) is 16.7. The molecule has 0 saturated carbocycles. The monoisotopic (exact) mass is 311 g/mol. The lowest BCUT2D eigenvalue weighted by atomic mass is 10.00. The Balaban J connectivity index is 1.74. The molecular formula is C16H14FN5O. The summed E-state index contributed by atoms with van der Waals surface area (Å²) >= 11 is 0. The minimum atomic E-state index is -0.351. The highest BCUT2D eigenvalue weighted by atomic mass is 19.1. The lowest BCUT2D eigenvalue weighted by molar-refractivity contribution is 0.260. The molecule has 3 N–H and O–H groups in total. The second kappa shape index (κ2) is 5.35. The minimum Gasteiger partial charge on any atom is -0.490 e. The Kier molecular flexibility index (Phi) is 3.18.